The van der Waals surface area contributed by atoms with Crippen LogP contribution in [-0.2, 0) is 19.1 Å². The van der Waals surface area contributed by atoms with E-state index in [0.29, 0.717) is 12.8 Å². The lowest BCUT2D eigenvalue weighted by Crippen LogP contribution is -2.28. The monoisotopic (exact) mass is 923 g/mol. The molecule has 5 heteroatoms. The number of hydrogen-bond donors (Lipinski definition) is 1. The molecule has 1 unspecified atom stereocenters. The fraction of sp³-hybridized carbons (Fsp3) is 0.803. The van der Waals surface area contributed by atoms with Gasteiger partial charge in [0.15, 0.2) is 6.10 Å². The molecule has 0 saturated carbocycles. The van der Waals surface area contributed by atoms with Crippen molar-refractivity contribution < 1.29 is 24.2 Å². The summed E-state index contributed by atoms with van der Waals surface area (Å²) in [5.41, 5.74) is 0. The summed E-state index contributed by atoms with van der Waals surface area (Å²) in [5, 5.41) is 9.66. The summed E-state index contributed by atoms with van der Waals surface area (Å²) in [6.07, 6.45) is 76.3. The standard InChI is InChI=1S/C61H110O5/c1-3-5-7-9-11-13-15-17-19-21-23-25-27-28-29-30-31-32-34-36-38-40-42-44-46-48-50-52-54-56-61(64)66-59(57-62)58-65-60(63)55-53-51-49-47-45-43-41-39-37-35-33-26-24-22-20-18-16-14-12-10-8-6-4-2/h5,7,11,13,17,19,22-25,59,62H,3-4,6,8-10,12,14-16,18,20-21,26-58H2,1-2H3/b7-5-,13-11-,19-17-,24-22-,25-23-. The van der Waals surface area contributed by atoms with Crippen molar-refractivity contribution in [2.75, 3.05) is 13.2 Å². The van der Waals surface area contributed by atoms with Crippen LogP contribution in [0.15, 0.2) is 60.8 Å². The number of aliphatic hydroxyl groups excluding tert-OH is 1. The van der Waals surface area contributed by atoms with E-state index in [1.54, 1.807) is 0 Å². The summed E-state index contributed by atoms with van der Waals surface area (Å²) in [4.78, 5) is 24.5. The van der Waals surface area contributed by atoms with E-state index < -0.39 is 6.10 Å². The maximum absolute atomic E-state index is 12.3. The summed E-state index contributed by atoms with van der Waals surface area (Å²) >= 11 is 0. The van der Waals surface area contributed by atoms with Gasteiger partial charge in [-0.1, -0.05) is 267 Å². The van der Waals surface area contributed by atoms with Crippen LogP contribution in [0.25, 0.3) is 0 Å². The zero-order chi connectivity index (χ0) is 47.7. The van der Waals surface area contributed by atoms with Crippen LogP contribution in [0.1, 0.15) is 296 Å². The Morgan fingerprint density at radius 2 is 0.652 bits per heavy atom. The number of aliphatic hydroxyl groups is 1. The molecule has 0 aromatic carbocycles. The third-order valence-electron chi connectivity index (χ3n) is 12.8. The highest BCUT2D eigenvalue weighted by atomic mass is 16.6. The van der Waals surface area contributed by atoms with E-state index in [2.05, 4.69) is 74.6 Å². The zero-order valence-corrected chi connectivity index (χ0v) is 44.0. The molecule has 384 valence electrons. The Morgan fingerprint density at radius 1 is 0.364 bits per heavy atom. The van der Waals surface area contributed by atoms with Gasteiger partial charge in [0.05, 0.1) is 6.61 Å². The second kappa shape index (κ2) is 56.9. The van der Waals surface area contributed by atoms with E-state index in [1.165, 1.54) is 205 Å². The summed E-state index contributed by atoms with van der Waals surface area (Å²) in [5.74, 6) is -0.579. The first-order chi connectivity index (χ1) is 32.6. The molecular weight excluding hydrogens is 813 g/mol. The number of ether oxygens (including phenoxy) is 2. The highest BCUT2D eigenvalue weighted by molar-refractivity contribution is 5.70. The zero-order valence-electron chi connectivity index (χ0n) is 44.0. The number of carbonyl (C=O) groups is 2. The van der Waals surface area contributed by atoms with Gasteiger partial charge in [-0.3, -0.25) is 9.59 Å². The van der Waals surface area contributed by atoms with Gasteiger partial charge in [0.25, 0.3) is 0 Å². The van der Waals surface area contributed by atoms with Gasteiger partial charge in [0, 0.05) is 12.8 Å². The van der Waals surface area contributed by atoms with E-state index >= 15 is 0 Å². The van der Waals surface area contributed by atoms with Gasteiger partial charge >= 0.3 is 11.9 Å². The molecular formula is C61H110O5. The maximum Gasteiger partial charge on any atom is 0.306 e. The summed E-state index contributed by atoms with van der Waals surface area (Å²) in [6.45, 7) is 4.06. The fourth-order valence-corrected chi connectivity index (χ4v) is 8.49. The molecule has 0 heterocycles. The Bertz CT molecular complexity index is 1130. The van der Waals surface area contributed by atoms with Crippen molar-refractivity contribution >= 4 is 11.9 Å². The highest BCUT2D eigenvalue weighted by Crippen LogP contribution is 2.17. The first kappa shape index (κ1) is 63.6. The molecule has 0 bridgehead atoms. The Kier molecular flexibility index (Phi) is 54.9. The SMILES string of the molecule is CC/C=C\C/C=C\C/C=C\C/C=C\CCCCCCCCCCCCCCCCCCC(=O)OC(CO)COC(=O)CCCCCCCCCCCCC/C=C\CCCCCCCCCC. The predicted molar refractivity (Wildman–Crippen MR) is 288 cm³/mol. The topological polar surface area (TPSA) is 72.8 Å². The normalized spacial score (nSPS) is 12.6. The Balaban J connectivity index is 3.45. The van der Waals surface area contributed by atoms with Gasteiger partial charge in [0.1, 0.15) is 6.61 Å². The van der Waals surface area contributed by atoms with Gasteiger partial charge in [-0.15, -0.1) is 0 Å². The van der Waals surface area contributed by atoms with Crippen LogP contribution in [0.2, 0.25) is 0 Å². The Labute approximate surface area is 411 Å². The highest BCUT2D eigenvalue weighted by Gasteiger charge is 2.16. The minimum Gasteiger partial charge on any atom is -0.462 e. The average molecular weight is 924 g/mol. The molecule has 0 aliphatic rings. The van der Waals surface area contributed by atoms with Crippen LogP contribution in [0.5, 0.6) is 0 Å². The van der Waals surface area contributed by atoms with E-state index in [4.69, 9.17) is 9.47 Å². The van der Waals surface area contributed by atoms with Gasteiger partial charge < -0.3 is 14.6 Å². The summed E-state index contributed by atoms with van der Waals surface area (Å²) < 4.78 is 10.7. The van der Waals surface area contributed by atoms with Crippen molar-refractivity contribution in [1.29, 1.82) is 0 Å². The van der Waals surface area contributed by atoms with Crippen molar-refractivity contribution in [2.24, 2.45) is 0 Å². The molecule has 0 aliphatic heterocycles. The first-order valence-electron chi connectivity index (χ1n) is 28.8. The van der Waals surface area contributed by atoms with E-state index in [1.807, 2.05) is 0 Å². The number of rotatable bonds is 53. The van der Waals surface area contributed by atoms with E-state index in [9.17, 15) is 14.7 Å². The second-order valence-corrected chi connectivity index (χ2v) is 19.3. The third-order valence-corrected chi connectivity index (χ3v) is 12.8. The number of esters is 2. The van der Waals surface area contributed by atoms with Crippen LogP contribution in [0.3, 0.4) is 0 Å². The summed E-state index contributed by atoms with van der Waals surface area (Å²) in [7, 11) is 0. The largest absolute Gasteiger partial charge is 0.462 e. The molecule has 0 radical (unpaired) electrons. The van der Waals surface area contributed by atoms with Crippen molar-refractivity contribution in [3.63, 3.8) is 0 Å². The van der Waals surface area contributed by atoms with Crippen LogP contribution in [0, 0.1) is 0 Å². The van der Waals surface area contributed by atoms with Gasteiger partial charge in [-0.2, -0.15) is 0 Å². The van der Waals surface area contributed by atoms with Crippen LogP contribution < -0.4 is 0 Å². The lowest BCUT2D eigenvalue weighted by molar-refractivity contribution is -0.161. The summed E-state index contributed by atoms with van der Waals surface area (Å²) in [6, 6.07) is 0. The molecule has 0 spiro atoms. The smallest absolute Gasteiger partial charge is 0.306 e. The van der Waals surface area contributed by atoms with Crippen molar-refractivity contribution in [3.05, 3.63) is 60.8 Å². The van der Waals surface area contributed by atoms with Crippen LogP contribution in [0.4, 0.5) is 0 Å². The molecule has 1 N–H and O–H groups in total. The lowest BCUT2D eigenvalue weighted by Gasteiger charge is -2.15. The van der Waals surface area contributed by atoms with E-state index in [0.717, 1.165) is 64.2 Å². The Hall–Kier alpha value is -2.40. The Morgan fingerprint density at radius 3 is 1.00 bits per heavy atom. The average Bonchev–Trinajstić information content (AvgIpc) is 3.32. The van der Waals surface area contributed by atoms with Gasteiger partial charge in [0.2, 0.25) is 0 Å². The molecule has 0 fully saturated rings. The number of unbranched alkanes of at least 4 members (excludes halogenated alkanes) is 35. The molecule has 0 rings (SSSR count). The molecule has 0 saturated heterocycles. The molecule has 0 aromatic rings. The molecule has 66 heavy (non-hydrogen) atoms. The minimum absolute atomic E-state index is 0.0641. The fourth-order valence-electron chi connectivity index (χ4n) is 8.49. The third kappa shape index (κ3) is 54.2. The number of hydrogen-bond acceptors (Lipinski definition) is 5. The van der Waals surface area contributed by atoms with Crippen LogP contribution >= 0.6 is 0 Å². The molecule has 1 atom stereocenters. The number of allylic oxidation sites excluding steroid dienone is 10. The van der Waals surface area contributed by atoms with Gasteiger partial charge in [-0.25, -0.2) is 0 Å². The van der Waals surface area contributed by atoms with Crippen LogP contribution in [-0.4, -0.2) is 36.4 Å². The van der Waals surface area contributed by atoms with Crippen molar-refractivity contribution in [2.45, 2.75) is 302 Å². The quantitative estimate of drug-likeness (QED) is 0.0374. The lowest BCUT2D eigenvalue weighted by atomic mass is 10.0. The maximum atomic E-state index is 12.3. The predicted octanol–water partition coefficient (Wildman–Crippen LogP) is 19.4. The van der Waals surface area contributed by atoms with Crippen molar-refractivity contribution in [1.82, 2.24) is 0 Å². The first-order valence-corrected chi connectivity index (χ1v) is 28.8. The molecule has 0 aromatic heterocycles. The number of carbonyl (C=O) groups excluding carboxylic acids is 2. The second-order valence-electron chi connectivity index (χ2n) is 19.3. The van der Waals surface area contributed by atoms with Gasteiger partial charge in [-0.05, 0) is 77.0 Å². The van der Waals surface area contributed by atoms with Crippen molar-refractivity contribution in [3.8, 4) is 0 Å². The molecule has 0 amide bonds. The van der Waals surface area contributed by atoms with E-state index in [-0.39, 0.29) is 25.2 Å². The molecule has 0 aliphatic carbocycles. The molecule has 5 nitrogen and oxygen atoms in total. The minimum atomic E-state index is -0.773.